The van der Waals surface area contributed by atoms with Gasteiger partial charge in [0.2, 0.25) is 11.8 Å². The minimum atomic E-state index is -1.56. The number of cyclic esters (lactones) is 1. The minimum Gasteiger partial charge on any atom is -0.455 e. The number of rotatable bonds is 6. The Hall–Kier alpha value is -4.77. The van der Waals surface area contributed by atoms with Crippen molar-refractivity contribution in [3.8, 4) is 0 Å². The van der Waals surface area contributed by atoms with Gasteiger partial charge >= 0.3 is 5.97 Å². The molecule has 3 amide bonds. The molecule has 0 bridgehead atoms. The van der Waals surface area contributed by atoms with Gasteiger partial charge in [0.1, 0.15) is 23.7 Å². The Bertz CT molecular complexity index is 1800. The van der Waals surface area contributed by atoms with Gasteiger partial charge in [-0.1, -0.05) is 96.6 Å². The van der Waals surface area contributed by atoms with Gasteiger partial charge in [-0.2, -0.15) is 0 Å². The van der Waals surface area contributed by atoms with Crippen LogP contribution in [0.15, 0.2) is 109 Å². The molecule has 0 unspecified atom stereocenters. The van der Waals surface area contributed by atoms with Crippen LogP contribution in [0.2, 0.25) is 5.02 Å². The van der Waals surface area contributed by atoms with E-state index in [1.807, 2.05) is 60.7 Å². The third kappa shape index (κ3) is 6.23. The average molecular weight is 696 g/mol. The lowest BCUT2D eigenvalue weighted by atomic mass is 9.77. The summed E-state index contributed by atoms with van der Waals surface area (Å²) < 4.78 is 13.0. The van der Waals surface area contributed by atoms with E-state index in [0.717, 1.165) is 5.56 Å². The van der Waals surface area contributed by atoms with Crippen molar-refractivity contribution in [2.75, 3.05) is 24.6 Å². The number of ether oxygens (including phenoxy) is 2. The Labute approximate surface area is 295 Å². The molecule has 50 heavy (non-hydrogen) atoms. The second-order valence-electron chi connectivity index (χ2n) is 13.0. The molecule has 10 nitrogen and oxygen atoms in total. The van der Waals surface area contributed by atoms with E-state index < -0.39 is 66.1 Å². The Kier molecular flexibility index (Phi) is 9.59. The molecule has 2 saturated heterocycles. The van der Waals surface area contributed by atoms with Gasteiger partial charge in [0.15, 0.2) is 0 Å². The van der Waals surface area contributed by atoms with E-state index >= 15 is 0 Å². The summed E-state index contributed by atoms with van der Waals surface area (Å²) in [6, 6.07) is 23.4. The molecule has 1 spiro atoms. The van der Waals surface area contributed by atoms with Crippen molar-refractivity contribution in [3.63, 3.8) is 0 Å². The molecule has 4 aliphatic heterocycles. The SMILES string of the molecule is O=C1CC/C=C\[C@@H]2O[C@@]34C=CCN(c5ccc(Cl)cc5)C(=O)[C@@H]3N([C@@H](CO)Cc3ccccc3)C(=O)[C@H]4[C@@H]2C(=O)O[C@@H](c2ccccc2)CN1. The number of likely N-dealkylation sites (tertiary alicyclic amines) is 1. The highest BCUT2D eigenvalue weighted by molar-refractivity contribution is 6.30. The van der Waals surface area contributed by atoms with Crippen molar-refractivity contribution >= 4 is 41.0 Å². The van der Waals surface area contributed by atoms with E-state index in [1.165, 1.54) is 4.90 Å². The van der Waals surface area contributed by atoms with Gasteiger partial charge in [0, 0.05) is 23.7 Å². The van der Waals surface area contributed by atoms with Gasteiger partial charge in [0.25, 0.3) is 5.91 Å². The molecule has 4 aliphatic rings. The maximum atomic E-state index is 15.0. The smallest absolute Gasteiger partial charge is 0.313 e. The first kappa shape index (κ1) is 33.7. The summed E-state index contributed by atoms with van der Waals surface area (Å²) >= 11 is 6.18. The summed E-state index contributed by atoms with van der Waals surface area (Å²) in [6.45, 7) is -0.196. The van der Waals surface area contributed by atoms with Gasteiger partial charge < -0.3 is 29.7 Å². The topological polar surface area (TPSA) is 125 Å². The van der Waals surface area contributed by atoms with E-state index in [-0.39, 0.29) is 31.8 Å². The molecule has 258 valence electrons. The Morgan fingerprint density at radius 3 is 2.36 bits per heavy atom. The van der Waals surface area contributed by atoms with Crippen LogP contribution in [0.25, 0.3) is 0 Å². The monoisotopic (exact) mass is 695 g/mol. The standard InChI is InChI=1S/C39H38ClN3O7/c40-27-16-18-28(19-17-27)42-21-9-20-39-34(36(46)43(35(39)37(42)47)29(24-44)22-25-10-3-1-4-11-25)33-30(50-39)14-7-8-15-32(45)41-23-31(49-38(33)48)26-12-5-2-6-13-26/h1-7,9-14,16-20,29-31,33-35,44H,8,15,21-24H2,(H,41,45)/b14-7-/t29-,30+,31-,33-,34-,35+,39-/m1/s1. The second-order valence-corrected chi connectivity index (χ2v) is 13.5. The molecule has 7 rings (SSSR count). The number of carbonyl (C=O) groups is 4. The molecule has 2 N–H and O–H groups in total. The quantitative estimate of drug-likeness (QED) is 0.293. The number of esters is 1. The van der Waals surface area contributed by atoms with Gasteiger partial charge in [-0.05, 0) is 48.2 Å². The molecular formula is C39H38ClN3O7. The van der Waals surface area contributed by atoms with Crippen LogP contribution in [0.3, 0.4) is 0 Å². The maximum absolute atomic E-state index is 15.0. The van der Waals surface area contributed by atoms with Crippen molar-refractivity contribution in [1.29, 1.82) is 0 Å². The summed E-state index contributed by atoms with van der Waals surface area (Å²) in [6.07, 6.45) is 6.11. The van der Waals surface area contributed by atoms with E-state index in [1.54, 1.807) is 53.5 Å². The fourth-order valence-electron chi connectivity index (χ4n) is 7.73. The third-order valence-corrected chi connectivity index (χ3v) is 10.3. The lowest BCUT2D eigenvalue weighted by Crippen LogP contribution is -2.58. The third-order valence-electron chi connectivity index (χ3n) is 10.0. The number of anilines is 1. The number of aliphatic hydroxyl groups is 1. The van der Waals surface area contributed by atoms with E-state index in [9.17, 15) is 24.3 Å². The molecule has 2 fully saturated rings. The van der Waals surface area contributed by atoms with Gasteiger partial charge in [-0.25, -0.2) is 0 Å². The van der Waals surface area contributed by atoms with Gasteiger partial charge in [0.05, 0.1) is 31.2 Å². The first-order valence-corrected chi connectivity index (χ1v) is 17.3. The fraction of sp³-hybridized carbons (Fsp3) is 0.333. The molecule has 4 heterocycles. The number of aliphatic hydroxyl groups excluding tert-OH is 1. The average Bonchev–Trinajstić information content (AvgIpc) is 3.52. The van der Waals surface area contributed by atoms with Crippen LogP contribution < -0.4 is 10.2 Å². The lowest BCUT2D eigenvalue weighted by Gasteiger charge is -2.38. The number of allylic oxidation sites excluding steroid dienone is 1. The van der Waals surface area contributed by atoms with Crippen LogP contribution in [-0.4, -0.2) is 77.2 Å². The number of hydrogen-bond donors (Lipinski definition) is 2. The molecule has 3 aromatic carbocycles. The normalized spacial score (nSPS) is 29.4. The van der Waals surface area contributed by atoms with E-state index in [0.29, 0.717) is 22.7 Å². The Morgan fingerprint density at radius 1 is 0.920 bits per heavy atom. The molecular weight excluding hydrogens is 658 g/mol. The number of benzene rings is 3. The molecule has 7 atom stereocenters. The zero-order valence-electron chi connectivity index (χ0n) is 27.3. The zero-order valence-corrected chi connectivity index (χ0v) is 28.0. The first-order valence-electron chi connectivity index (χ1n) is 16.9. The van der Waals surface area contributed by atoms with Crippen molar-refractivity contribution < 1.29 is 33.8 Å². The number of fused-ring (bicyclic) bond motifs is 2. The molecule has 0 aromatic heterocycles. The number of halogens is 1. The van der Waals surface area contributed by atoms with Crippen LogP contribution in [0.5, 0.6) is 0 Å². The summed E-state index contributed by atoms with van der Waals surface area (Å²) in [7, 11) is 0. The number of amides is 3. The number of carbonyl (C=O) groups excluding carboxylic acids is 4. The molecule has 0 aliphatic carbocycles. The second kappa shape index (κ2) is 14.2. The van der Waals surface area contributed by atoms with Crippen LogP contribution in [0, 0.1) is 11.8 Å². The summed E-state index contributed by atoms with van der Waals surface area (Å²) in [5, 5.41) is 14.2. The van der Waals surface area contributed by atoms with Crippen LogP contribution >= 0.6 is 11.6 Å². The molecule has 11 heteroatoms. The predicted octanol–water partition coefficient (Wildman–Crippen LogP) is 4.18. The number of nitrogens with zero attached hydrogens (tertiary/aromatic N) is 2. The highest BCUT2D eigenvalue weighted by atomic mass is 35.5. The summed E-state index contributed by atoms with van der Waals surface area (Å²) in [5.41, 5.74) is 0.570. The lowest BCUT2D eigenvalue weighted by molar-refractivity contribution is -0.160. The minimum absolute atomic E-state index is 0.0488. The Balaban J connectivity index is 1.33. The molecule has 0 saturated carbocycles. The van der Waals surface area contributed by atoms with E-state index in [2.05, 4.69) is 5.32 Å². The summed E-state index contributed by atoms with van der Waals surface area (Å²) in [4.78, 5) is 60.0. The highest BCUT2D eigenvalue weighted by Gasteiger charge is 2.72. The predicted molar refractivity (Wildman–Crippen MR) is 186 cm³/mol. The van der Waals surface area contributed by atoms with Crippen molar-refractivity contribution in [2.45, 2.75) is 49.2 Å². The Morgan fingerprint density at radius 2 is 1.64 bits per heavy atom. The maximum Gasteiger partial charge on any atom is 0.313 e. The summed E-state index contributed by atoms with van der Waals surface area (Å²) in [5.74, 6) is -4.02. The van der Waals surface area contributed by atoms with Crippen LogP contribution in [0.4, 0.5) is 5.69 Å². The number of nitrogens with one attached hydrogen (secondary N) is 1. The first-order chi connectivity index (χ1) is 24.3. The number of hydrogen-bond acceptors (Lipinski definition) is 7. The zero-order chi connectivity index (χ0) is 34.8. The molecule has 0 radical (unpaired) electrons. The van der Waals surface area contributed by atoms with Crippen LogP contribution in [-0.2, 0) is 35.1 Å². The van der Waals surface area contributed by atoms with Gasteiger partial charge in [-0.3, -0.25) is 19.2 Å². The van der Waals surface area contributed by atoms with Gasteiger partial charge in [-0.15, -0.1) is 0 Å². The van der Waals surface area contributed by atoms with Crippen molar-refractivity contribution in [1.82, 2.24) is 10.2 Å². The van der Waals surface area contributed by atoms with Crippen molar-refractivity contribution in [2.24, 2.45) is 11.8 Å². The van der Waals surface area contributed by atoms with Crippen molar-refractivity contribution in [3.05, 3.63) is 125 Å². The van der Waals surface area contributed by atoms with Crippen LogP contribution in [0.1, 0.15) is 30.1 Å². The fourth-order valence-corrected chi connectivity index (χ4v) is 7.86. The largest absolute Gasteiger partial charge is 0.455 e. The molecule has 3 aromatic rings. The highest BCUT2D eigenvalue weighted by Crippen LogP contribution is 2.54. The van der Waals surface area contributed by atoms with E-state index in [4.69, 9.17) is 21.1 Å².